The van der Waals surface area contributed by atoms with Crippen molar-refractivity contribution in [3.05, 3.63) is 76.3 Å². The first-order valence-electron chi connectivity index (χ1n) is 16.1. The first-order chi connectivity index (χ1) is 23.4. The molecule has 0 radical (unpaired) electrons. The molecular weight excluding hydrogens is 664 g/mol. The van der Waals surface area contributed by atoms with E-state index in [0.29, 0.717) is 28.7 Å². The van der Waals surface area contributed by atoms with E-state index in [1.807, 2.05) is 50.3 Å². The highest BCUT2D eigenvalue weighted by Crippen LogP contribution is 2.60. The van der Waals surface area contributed by atoms with Gasteiger partial charge in [-0.3, -0.25) is 29.2 Å². The summed E-state index contributed by atoms with van der Waals surface area (Å²) in [7, 11) is 3.19. The normalized spacial score (nSPS) is 27.8. The van der Waals surface area contributed by atoms with Crippen molar-refractivity contribution in [2.24, 2.45) is 42.1 Å². The second kappa shape index (κ2) is 11.1. The van der Waals surface area contributed by atoms with Crippen molar-refractivity contribution < 1.29 is 29.0 Å². The van der Waals surface area contributed by atoms with Crippen LogP contribution in [0.1, 0.15) is 30.9 Å². The summed E-state index contributed by atoms with van der Waals surface area (Å²) in [6.07, 6.45) is 6.41. The molecule has 4 aromatic rings. The van der Waals surface area contributed by atoms with Crippen LogP contribution in [0.3, 0.4) is 0 Å². The number of fused-ring (bicyclic) bond motifs is 5. The largest absolute Gasteiger partial charge is 0.504 e. The van der Waals surface area contributed by atoms with Gasteiger partial charge in [-0.05, 0) is 79.5 Å². The van der Waals surface area contributed by atoms with Crippen molar-refractivity contribution in [1.82, 2.24) is 15.1 Å². The number of hydrogen-bond donors (Lipinski definition) is 2. The molecule has 2 aliphatic carbocycles. The summed E-state index contributed by atoms with van der Waals surface area (Å²) in [6, 6.07) is 12.5. The fraction of sp³-hybridized carbons (Fsp3) is 0.324. The van der Waals surface area contributed by atoms with Crippen molar-refractivity contribution in [3.63, 3.8) is 0 Å². The van der Waals surface area contributed by atoms with Gasteiger partial charge in [0.15, 0.2) is 11.5 Å². The molecule has 0 spiro atoms. The maximum absolute atomic E-state index is 14.8. The number of aromatic hydroxyl groups is 1. The quantitative estimate of drug-likeness (QED) is 0.192. The Hall–Kier alpha value is -4.74. The Bertz CT molecular complexity index is 2200. The third-order valence-corrected chi connectivity index (χ3v) is 12.6. The minimum atomic E-state index is -1.18. The smallest absolute Gasteiger partial charge is 0.242 e. The first kappa shape index (κ1) is 31.5. The number of nitrogens with one attached hydrogen (secondary N) is 1. The number of imide groups is 2. The topological polar surface area (TPSA) is 131 Å². The second-order valence-electron chi connectivity index (χ2n) is 13.6. The van der Waals surface area contributed by atoms with Crippen molar-refractivity contribution in [3.8, 4) is 22.1 Å². The van der Waals surface area contributed by atoms with Crippen LogP contribution in [0.4, 0.5) is 5.82 Å². The van der Waals surface area contributed by atoms with Crippen LogP contribution in [0.2, 0.25) is 5.02 Å². The lowest BCUT2D eigenvalue weighted by atomic mass is 9.52. The Morgan fingerprint density at radius 3 is 2.67 bits per heavy atom. The van der Waals surface area contributed by atoms with E-state index < -0.39 is 29.1 Å². The minimum Gasteiger partial charge on any atom is -0.504 e. The molecule has 3 fully saturated rings. The van der Waals surface area contributed by atoms with E-state index in [-0.39, 0.29) is 41.7 Å². The van der Waals surface area contributed by atoms with E-state index in [0.717, 1.165) is 31.7 Å². The number of phenolic OH excluding ortho intramolecular Hbond substituents is 1. The predicted molar refractivity (Wildman–Crippen MR) is 186 cm³/mol. The van der Waals surface area contributed by atoms with Gasteiger partial charge in [0.1, 0.15) is 11.5 Å². The molecule has 2 aromatic heterocycles. The van der Waals surface area contributed by atoms with Gasteiger partial charge in [0.05, 0.1) is 35.2 Å². The van der Waals surface area contributed by atoms with Crippen LogP contribution in [0, 0.1) is 41.9 Å². The van der Waals surface area contributed by atoms with Crippen LogP contribution in [-0.2, 0) is 26.2 Å². The predicted octanol–water partition coefficient (Wildman–Crippen LogP) is 6.04. The summed E-state index contributed by atoms with van der Waals surface area (Å²) < 4.78 is 7.93. The van der Waals surface area contributed by atoms with Gasteiger partial charge in [-0.15, -0.1) is 11.3 Å². The number of nitrogens with zero attached hydrogens (tertiary/aromatic N) is 3. The molecule has 6 atom stereocenters. The number of thiophene rings is 1. The second-order valence-corrected chi connectivity index (χ2v) is 15.0. The molecule has 6 unspecified atom stereocenters. The Kier molecular flexibility index (Phi) is 7.17. The standard InChI is InChI=1S/C37H33ClN4O6S/c1-17-22-14-19(38)7-12-29(22)49-32(17)26-16-30(41(3)40-26)42-35(46)25-15-23-20(8-9-21-31(23)34(45)39-33(21)44)24(37(25,2)36(42)47)10-5-18-6-11-27(43)28(13-18)48-4/h5-8,10-14,16,21,23-25,31,43H,9,15H2,1-4H3,(H,39,44,45). The average molecular weight is 697 g/mol. The molecular formula is C37H33ClN4O6S. The zero-order chi connectivity index (χ0) is 34.5. The number of aromatic nitrogens is 2. The summed E-state index contributed by atoms with van der Waals surface area (Å²) in [5.74, 6) is -3.45. The molecule has 12 heteroatoms. The van der Waals surface area contributed by atoms with E-state index in [1.165, 1.54) is 18.1 Å². The molecule has 0 bridgehead atoms. The van der Waals surface area contributed by atoms with Crippen LogP contribution in [-0.4, -0.2) is 45.6 Å². The summed E-state index contributed by atoms with van der Waals surface area (Å²) in [6.45, 7) is 3.85. The molecule has 4 amide bonds. The van der Waals surface area contributed by atoms with Gasteiger partial charge >= 0.3 is 0 Å². The molecule has 4 heterocycles. The molecule has 2 aromatic carbocycles. The Morgan fingerprint density at radius 1 is 1.10 bits per heavy atom. The Balaban J connectivity index is 1.22. The Morgan fingerprint density at radius 2 is 1.90 bits per heavy atom. The maximum atomic E-state index is 14.8. The van der Waals surface area contributed by atoms with Gasteiger partial charge in [-0.2, -0.15) is 5.10 Å². The van der Waals surface area contributed by atoms with Gasteiger partial charge < -0.3 is 9.84 Å². The van der Waals surface area contributed by atoms with E-state index in [4.69, 9.17) is 21.4 Å². The summed E-state index contributed by atoms with van der Waals surface area (Å²) in [5, 5.41) is 19.1. The van der Waals surface area contributed by atoms with Crippen molar-refractivity contribution in [1.29, 1.82) is 0 Å². The number of anilines is 1. The monoisotopic (exact) mass is 696 g/mol. The summed E-state index contributed by atoms with van der Waals surface area (Å²) >= 11 is 7.86. The first-order valence-corrected chi connectivity index (χ1v) is 17.3. The van der Waals surface area contributed by atoms with Gasteiger partial charge in [-0.1, -0.05) is 41.5 Å². The van der Waals surface area contributed by atoms with Crippen LogP contribution < -0.4 is 15.0 Å². The minimum absolute atomic E-state index is 0.000236. The number of benzene rings is 2. The zero-order valence-corrected chi connectivity index (χ0v) is 28.8. The molecule has 10 nitrogen and oxygen atoms in total. The van der Waals surface area contributed by atoms with Crippen molar-refractivity contribution in [2.45, 2.75) is 26.7 Å². The molecule has 49 heavy (non-hydrogen) atoms. The number of halogens is 1. The van der Waals surface area contributed by atoms with E-state index >= 15 is 0 Å². The third-order valence-electron chi connectivity index (χ3n) is 11.1. The third kappa shape index (κ3) is 4.55. The average Bonchev–Trinajstić information content (AvgIpc) is 3.76. The number of allylic oxidation sites excluding steroid dienone is 3. The number of phenols is 1. The molecule has 2 N–H and O–H groups in total. The molecule has 2 aliphatic heterocycles. The fourth-order valence-electron chi connectivity index (χ4n) is 8.57. The highest BCUT2D eigenvalue weighted by atomic mass is 35.5. The van der Waals surface area contributed by atoms with E-state index in [9.17, 15) is 24.3 Å². The lowest BCUT2D eigenvalue weighted by Crippen LogP contribution is -2.49. The van der Waals surface area contributed by atoms with Crippen molar-refractivity contribution in [2.75, 3.05) is 12.0 Å². The maximum Gasteiger partial charge on any atom is 0.242 e. The number of ether oxygens (including phenoxy) is 1. The van der Waals surface area contributed by atoms with Crippen LogP contribution in [0.25, 0.3) is 26.7 Å². The number of carbonyl (C=O) groups is 4. The molecule has 250 valence electrons. The number of rotatable bonds is 5. The molecule has 8 rings (SSSR count). The van der Waals surface area contributed by atoms with E-state index in [2.05, 4.69) is 5.32 Å². The summed E-state index contributed by atoms with van der Waals surface area (Å²) in [4.78, 5) is 57.4. The van der Waals surface area contributed by atoms with Crippen molar-refractivity contribution >= 4 is 68.5 Å². The van der Waals surface area contributed by atoms with Gasteiger partial charge in [-0.25, -0.2) is 4.90 Å². The van der Waals surface area contributed by atoms with Crippen LogP contribution >= 0.6 is 22.9 Å². The number of aryl methyl sites for hydroxylation is 2. The molecule has 4 aliphatic rings. The number of hydrogen-bond acceptors (Lipinski definition) is 8. The highest BCUT2D eigenvalue weighted by Gasteiger charge is 2.66. The fourth-order valence-corrected chi connectivity index (χ4v) is 9.89. The SMILES string of the molecule is COc1cc(C=CC2C3=CCC4C(=O)NC(=O)C4C3CC3C(=O)N(c4cc(-c5sc6ccc(Cl)cc6c5C)nn4C)C(=O)C23C)ccc1O. The highest BCUT2D eigenvalue weighted by molar-refractivity contribution is 7.22. The summed E-state index contributed by atoms with van der Waals surface area (Å²) in [5.41, 5.74) is 2.09. The van der Waals surface area contributed by atoms with E-state index in [1.54, 1.807) is 41.3 Å². The number of methoxy groups -OCH3 is 1. The number of carbonyl (C=O) groups excluding carboxylic acids is 4. The zero-order valence-electron chi connectivity index (χ0n) is 27.2. The van der Waals surface area contributed by atoms with Gasteiger partial charge in [0, 0.05) is 28.8 Å². The molecule has 1 saturated carbocycles. The number of amides is 4. The van der Waals surface area contributed by atoms with Gasteiger partial charge in [0.25, 0.3) is 0 Å². The van der Waals surface area contributed by atoms with Gasteiger partial charge in [0.2, 0.25) is 23.6 Å². The lowest BCUT2D eigenvalue weighted by Gasteiger charge is -2.47. The lowest BCUT2D eigenvalue weighted by molar-refractivity contribution is -0.132. The Labute approximate surface area is 291 Å². The molecule has 2 saturated heterocycles. The van der Waals surface area contributed by atoms with Crippen LogP contribution in [0.5, 0.6) is 11.5 Å². The van der Waals surface area contributed by atoms with Crippen LogP contribution in [0.15, 0.2) is 60.2 Å².